The molecule has 7 heteroatoms. The van der Waals surface area contributed by atoms with Gasteiger partial charge in [0.25, 0.3) is 0 Å². The van der Waals surface area contributed by atoms with Crippen LogP contribution in [0.2, 0.25) is 0 Å². The molecule has 0 amide bonds. The molecule has 1 unspecified atom stereocenters. The second-order valence-electron chi connectivity index (χ2n) is 5.31. The van der Waals surface area contributed by atoms with Crippen molar-refractivity contribution in [1.29, 1.82) is 0 Å². The van der Waals surface area contributed by atoms with E-state index in [2.05, 4.69) is 10.3 Å². The van der Waals surface area contributed by atoms with Crippen LogP contribution < -0.4 is 5.32 Å². The maximum absolute atomic E-state index is 12.1. The van der Waals surface area contributed by atoms with Crippen molar-refractivity contribution in [3.8, 4) is 0 Å². The fourth-order valence-corrected chi connectivity index (χ4v) is 2.74. The first-order valence-electron chi connectivity index (χ1n) is 6.54. The summed E-state index contributed by atoms with van der Waals surface area (Å²) in [6.45, 7) is 3.06. The molecule has 2 fully saturated rings. The molecule has 2 rings (SSSR count). The molecule has 0 aromatic heterocycles. The minimum absolute atomic E-state index is 0.129. The van der Waals surface area contributed by atoms with Crippen LogP contribution in [0.25, 0.3) is 0 Å². The third-order valence-corrected chi connectivity index (χ3v) is 3.83. The Labute approximate surface area is 111 Å². The smallest absolute Gasteiger partial charge is 0.381 e. The third kappa shape index (κ3) is 3.75. The van der Waals surface area contributed by atoms with E-state index in [0.717, 1.165) is 39.1 Å². The number of guanidine groups is 1. The Morgan fingerprint density at radius 2 is 2.21 bits per heavy atom. The maximum Gasteiger partial charge on any atom is 0.390 e. The second kappa shape index (κ2) is 5.56. The van der Waals surface area contributed by atoms with Crippen LogP contribution in [0, 0.1) is 5.41 Å². The fraction of sp³-hybridized carbons (Fsp3) is 0.917. The summed E-state index contributed by atoms with van der Waals surface area (Å²) in [5.41, 5.74) is 0.182. The summed E-state index contributed by atoms with van der Waals surface area (Å²) < 4.78 is 41.8. The molecule has 4 nitrogen and oxygen atoms in total. The lowest BCUT2D eigenvalue weighted by Crippen LogP contribution is -2.42. The normalized spacial score (nSPS) is 28.4. The number of ether oxygens (including phenoxy) is 1. The van der Waals surface area contributed by atoms with Crippen molar-refractivity contribution < 1.29 is 17.9 Å². The van der Waals surface area contributed by atoms with Crippen molar-refractivity contribution >= 4 is 5.96 Å². The summed E-state index contributed by atoms with van der Waals surface area (Å²) in [6, 6.07) is 0. The van der Waals surface area contributed by atoms with E-state index in [0.29, 0.717) is 5.96 Å². The minimum atomic E-state index is -4.13. The molecule has 2 aliphatic rings. The van der Waals surface area contributed by atoms with Crippen LogP contribution in [0.5, 0.6) is 0 Å². The van der Waals surface area contributed by atoms with Gasteiger partial charge in [0.15, 0.2) is 5.96 Å². The van der Waals surface area contributed by atoms with Gasteiger partial charge in [-0.1, -0.05) is 0 Å². The van der Waals surface area contributed by atoms with E-state index >= 15 is 0 Å². The van der Waals surface area contributed by atoms with Crippen LogP contribution >= 0.6 is 0 Å². The molecule has 1 N–H and O–H groups in total. The lowest BCUT2D eigenvalue weighted by atomic mass is 9.87. The number of alkyl halides is 3. The van der Waals surface area contributed by atoms with Gasteiger partial charge in [0.1, 0.15) is 0 Å². The number of likely N-dealkylation sites (tertiary alicyclic amines) is 1. The van der Waals surface area contributed by atoms with Gasteiger partial charge in [0.05, 0.1) is 13.0 Å². The zero-order valence-corrected chi connectivity index (χ0v) is 11.1. The van der Waals surface area contributed by atoms with Gasteiger partial charge in [0.2, 0.25) is 0 Å². The molecule has 2 aliphatic heterocycles. The first-order valence-corrected chi connectivity index (χ1v) is 6.54. The SMILES string of the molecule is CN=C(NCCC(F)(F)F)N1CCC2(CCOC2)C1. The van der Waals surface area contributed by atoms with Crippen molar-refractivity contribution in [3.63, 3.8) is 0 Å². The standard InChI is InChI=1S/C12H20F3N3O/c1-16-10(17-5-2-12(13,14)15)18-6-3-11(8-18)4-7-19-9-11/h2-9H2,1H3,(H,16,17). The molecule has 0 aromatic rings. The highest BCUT2D eigenvalue weighted by molar-refractivity contribution is 5.80. The summed E-state index contributed by atoms with van der Waals surface area (Å²) in [7, 11) is 1.60. The number of hydrogen-bond donors (Lipinski definition) is 1. The summed E-state index contributed by atoms with van der Waals surface area (Å²) in [5.74, 6) is 0.563. The van der Waals surface area contributed by atoms with Crippen molar-refractivity contribution in [3.05, 3.63) is 0 Å². The first-order chi connectivity index (χ1) is 8.94. The molecular weight excluding hydrogens is 259 g/mol. The van der Waals surface area contributed by atoms with Gasteiger partial charge in [-0.15, -0.1) is 0 Å². The van der Waals surface area contributed by atoms with Gasteiger partial charge in [-0.25, -0.2) is 0 Å². The molecule has 0 radical (unpaired) electrons. The van der Waals surface area contributed by atoms with E-state index in [4.69, 9.17) is 4.74 Å². The lowest BCUT2D eigenvalue weighted by Gasteiger charge is -2.25. The highest BCUT2D eigenvalue weighted by atomic mass is 19.4. The molecule has 2 saturated heterocycles. The zero-order chi connectivity index (χ0) is 13.9. The van der Waals surface area contributed by atoms with Crippen LogP contribution in [0.15, 0.2) is 4.99 Å². The van der Waals surface area contributed by atoms with E-state index < -0.39 is 12.6 Å². The molecule has 0 aliphatic carbocycles. The quantitative estimate of drug-likeness (QED) is 0.616. The molecule has 0 saturated carbocycles. The van der Waals surface area contributed by atoms with Crippen molar-refractivity contribution in [2.24, 2.45) is 10.4 Å². The van der Waals surface area contributed by atoms with E-state index in [-0.39, 0.29) is 12.0 Å². The van der Waals surface area contributed by atoms with Gasteiger partial charge in [0, 0.05) is 38.7 Å². The monoisotopic (exact) mass is 279 g/mol. The largest absolute Gasteiger partial charge is 0.390 e. The van der Waals surface area contributed by atoms with Crippen LogP contribution in [0.4, 0.5) is 13.2 Å². The fourth-order valence-electron chi connectivity index (χ4n) is 2.74. The molecule has 0 bridgehead atoms. The highest BCUT2D eigenvalue weighted by Crippen LogP contribution is 2.38. The molecule has 0 aromatic carbocycles. The van der Waals surface area contributed by atoms with Gasteiger partial charge >= 0.3 is 6.18 Å². The molecular formula is C12H20F3N3O. The van der Waals surface area contributed by atoms with Gasteiger partial charge in [-0.2, -0.15) is 13.2 Å². The van der Waals surface area contributed by atoms with E-state index in [9.17, 15) is 13.2 Å². The molecule has 1 spiro atoms. The third-order valence-electron chi connectivity index (χ3n) is 3.83. The number of aliphatic imine (C=N–C) groups is 1. The summed E-state index contributed by atoms with van der Waals surface area (Å²) in [6.07, 6.45) is -2.92. The molecule has 2 heterocycles. The second-order valence-corrected chi connectivity index (χ2v) is 5.31. The van der Waals surface area contributed by atoms with Crippen LogP contribution in [-0.2, 0) is 4.74 Å². The Balaban J connectivity index is 1.82. The Morgan fingerprint density at radius 1 is 1.42 bits per heavy atom. The van der Waals surface area contributed by atoms with Gasteiger partial charge < -0.3 is 15.0 Å². The Hall–Kier alpha value is -0.980. The number of nitrogens with one attached hydrogen (secondary N) is 1. The molecule has 19 heavy (non-hydrogen) atoms. The average molecular weight is 279 g/mol. The predicted molar refractivity (Wildman–Crippen MR) is 66.1 cm³/mol. The van der Waals surface area contributed by atoms with Crippen LogP contribution in [0.3, 0.4) is 0 Å². The summed E-state index contributed by atoms with van der Waals surface area (Å²) >= 11 is 0. The van der Waals surface area contributed by atoms with Crippen molar-refractivity contribution in [1.82, 2.24) is 10.2 Å². The number of rotatable bonds is 2. The molecule has 1 atom stereocenters. The van der Waals surface area contributed by atoms with Crippen molar-refractivity contribution in [2.75, 3.05) is 39.9 Å². The lowest BCUT2D eigenvalue weighted by molar-refractivity contribution is -0.132. The first kappa shape index (κ1) is 14.4. The topological polar surface area (TPSA) is 36.9 Å². The summed E-state index contributed by atoms with van der Waals surface area (Å²) in [4.78, 5) is 6.10. The number of halogens is 3. The van der Waals surface area contributed by atoms with Gasteiger partial charge in [-0.05, 0) is 12.8 Å². The average Bonchev–Trinajstić information content (AvgIpc) is 2.95. The van der Waals surface area contributed by atoms with E-state index in [1.54, 1.807) is 7.05 Å². The Morgan fingerprint density at radius 3 is 2.79 bits per heavy atom. The van der Waals surface area contributed by atoms with Gasteiger partial charge in [-0.3, -0.25) is 4.99 Å². The Bertz CT molecular complexity index is 338. The predicted octanol–water partition coefficient (Wildman–Crippen LogP) is 1.63. The van der Waals surface area contributed by atoms with Crippen molar-refractivity contribution in [2.45, 2.75) is 25.4 Å². The number of nitrogens with zero attached hydrogens (tertiary/aromatic N) is 2. The number of hydrogen-bond acceptors (Lipinski definition) is 2. The van der Waals surface area contributed by atoms with E-state index in [1.165, 1.54) is 0 Å². The Kier molecular flexibility index (Phi) is 4.23. The van der Waals surface area contributed by atoms with Crippen LogP contribution in [-0.4, -0.2) is 56.9 Å². The minimum Gasteiger partial charge on any atom is -0.381 e. The summed E-state index contributed by atoms with van der Waals surface area (Å²) in [5, 5.41) is 2.79. The highest BCUT2D eigenvalue weighted by Gasteiger charge is 2.42. The maximum atomic E-state index is 12.1. The van der Waals surface area contributed by atoms with Crippen LogP contribution in [0.1, 0.15) is 19.3 Å². The van der Waals surface area contributed by atoms with E-state index in [1.807, 2.05) is 4.90 Å². The molecule has 110 valence electrons. The zero-order valence-electron chi connectivity index (χ0n) is 11.1.